The highest BCUT2D eigenvalue weighted by Crippen LogP contribution is 2.36. The molecule has 5 nitrogen and oxygen atoms in total. The number of benzene rings is 2. The lowest BCUT2D eigenvalue weighted by atomic mass is 10.1. The van der Waals surface area contributed by atoms with Gasteiger partial charge < -0.3 is 10.2 Å². The third-order valence-corrected chi connectivity index (χ3v) is 7.20. The molecule has 2 heterocycles. The number of hydrogen-bond donors (Lipinski definition) is 1. The van der Waals surface area contributed by atoms with Gasteiger partial charge in [-0.2, -0.15) is 0 Å². The molecule has 8 heteroatoms. The van der Waals surface area contributed by atoms with Crippen LogP contribution in [0.15, 0.2) is 36.4 Å². The third-order valence-electron chi connectivity index (χ3n) is 5.56. The molecule has 2 amide bonds. The van der Waals surface area contributed by atoms with Crippen LogP contribution in [0.5, 0.6) is 0 Å². The van der Waals surface area contributed by atoms with E-state index in [0.29, 0.717) is 46.2 Å². The molecule has 1 aromatic heterocycles. The van der Waals surface area contributed by atoms with Crippen molar-refractivity contribution in [1.82, 2.24) is 9.80 Å². The van der Waals surface area contributed by atoms with Crippen LogP contribution in [-0.2, 0) is 4.79 Å². The second kappa shape index (κ2) is 8.94. The topological polar surface area (TPSA) is 52.7 Å². The van der Waals surface area contributed by atoms with Gasteiger partial charge in [-0.1, -0.05) is 29.8 Å². The molecule has 1 aliphatic heterocycles. The summed E-state index contributed by atoms with van der Waals surface area (Å²) in [4.78, 5) is 29.7. The van der Waals surface area contributed by atoms with Crippen molar-refractivity contribution in [2.45, 2.75) is 13.8 Å². The minimum Gasteiger partial charge on any atom is -0.335 e. The summed E-state index contributed by atoms with van der Waals surface area (Å²) in [6, 6.07) is 10.3. The SMILES string of the molecule is Cc1cccc(C)c1NC(=O)CN1CCN(C(=O)c2sc3cc(F)ccc3c2Cl)CC1. The number of thiophene rings is 1. The number of amides is 2. The molecule has 0 aliphatic carbocycles. The van der Waals surface area contributed by atoms with Crippen LogP contribution >= 0.6 is 22.9 Å². The minimum absolute atomic E-state index is 0.0632. The number of nitrogens with zero attached hydrogens (tertiary/aromatic N) is 2. The lowest BCUT2D eigenvalue weighted by Gasteiger charge is -2.34. The van der Waals surface area contributed by atoms with Crippen molar-refractivity contribution < 1.29 is 14.0 Å². The predicted octanol–water partition coefficient (Wildman–Crippen LogP) is 4.71. The summed E-state index contributed by atoms with van der Waals surface area (Å²) in [5.74, 6) is -0.560. The zero-order valence-corrected chi connectivity index (χ0v) is 18.9. The lowest BCUT2D eigenvalue weighted by molar-refractivity contribution is -0.117. The van der Waals surface area contributed by atoms with Crippen molar-refractivity contribution in [3.63, 3.8) is 0 Å². The Labute approximate surface area is 189 Å². The Hall–Kier alpha value is -2.48. The van der Waals surface area contributed by atoms with Crippen LogP contribution in [0.3, 0.4) is 0 Å². The molecule has 1 fully saturated rings. The number of rotatable bonds is 4. The van der Waals surface area contributed by atoms with Gasteiger partial charge in [-0.25, -0.2) is 4.39 Å². The first-order valence-electron chi connectivity index (χ1n) is 10.1. The number of anilines is 1. The summed E-state index contributed by atoms with van der Waals surface area (Å²) in [5.41, 5.74) is 2.92. The normalized spacial score (nSPS) is 14.8. The standard InChI is InChI=1S/C23H23ClFN3O2S/c1-14-4-3-5-15(2)21(14)26-19(29)13-27-8-10-28(11-9-27)23(30)22-20(24)17-7-6-16(25)12-18(17)31-22/h3-7,12H,8-11,13H2,1-2H3,(H,26,29). The Balaban J connectivity index is 1.36. The highest BCUT2D eigenvalue weighted by molar-refractivity contribution is 7.21. The van der Waals surface area contributed by atoms with Crippen LogP contribution < -0.4 is 5.32 Å². The van der Waals surface area contributed by atoms with Crippen molar-refractivity contribution in [2.75, 3.05) is 38.0 Å². The molecule has 1 aliphatic rings. The first-order valence-corrected chi connectivity index (χ1v) is 11.3. The molecule has 1 saturated heterocycles. The highest BCUT2D eigenvalue weighted by atomic mass is 35.5. The molecule has 1 N–H and O–H groups in total. The van der Waals surface area contributed by atoms with Gasteiger partial charge in [0.25, 0.3) is 5.91 Å². The van der Waals surface area contributed by atoms with Gasteiger partial charge in [0, 0.05) is 42.0 Å². The Morgan fingerprint density at radius 1 is 1.10 bits per heavy atom. The summed E-state index contributed by atoms with van der Waals surface area (Å²) in [6.07, 6.45) is 0. The fourth-order valence-electron chi connectivity index (χ4n) is 3.82. The molecule has 162 valence electrons. The van der Waals surface area contributed by atoms with Crippen LogP contribution in [0.1, 0.15) is 20.8 Å². The average Bonchev–Trinajstić information content (AvgIpc) is 3.06. The lowest BCUT2D eigenvalue weighted by Crippen LogP contribution is -2.50. The van der Waals surface area contributed by atoms with E-state index in [1.807, 2.05) is 36.9 Å². The number of nitrogens with one attached hydrogen (secondary N) is 1. The fraction of sp³-hybridized carbons (Fsp3) is 0.304. The zero-order chi connectivity index (χ0) is 22.1. The molecule has 0 atom stereocenters. The van der Waals surface area contributed by atoms with E-state index in [9.17, 15) is 14.0 Å². The van der Waals surface area contributed by atoms with E-state index in [4.69, 9.17) is 11.6 Å². The summed E-state index contributed by atoms with van der Waals surface area (Å²) in [7, 11) is 0. The molecule has 31 heavy (non-hydrogen) atoms. The van der Waals surface area contributed by atoms with Crippen LogP contribution in [-0.4, -0.2) is 54.3 Å². The quantitative estimate of drug-likeness (QED) is 0.615. The van der Waals surface area contributed by atoms with E-state index in [-0.39, 0.29) is 24.2 Å². The maximum atomic E-state index is 13.5. The number of fused-ring (bicyclic) bond motifs is 1. The molecular formula is C23H23ClFN3O2S. The van der Waals surface area contributed by atoms with Crippen LogP contribution in [0, 0.1) is 19.7 Å². The van der Waals surface area contributed by atoms with Gasteiger partial charge >= 0.3 is 0 Å². The minimum atomic E-state index is -0.350. The van der Waals surface area contributed by atoms with Gasteiger partial charge in [0.15, 0.2) is 0 Å². The van der Waals surface area contributed by atoms with Crippen molar-refractivity contribution >= 4 is 50.5 Å². The van der Waals surface area contributed by atoms with Gasteiger partial charge in [-0.3, -0.25) is 14.5 Å². The molecule has 2 aromatic carbocycles. The van der Waals surface area contributed by atoms with Gasteiger partial charge in [0.05, 0.1) is 11.6 Å². The number of halogens is 2. The number of carbonyl (C=O) groups is 2. The summed E-state index contributed by atoms with van der Waals surface area (Å²) in [6.45, 7) is 6.44. The average molecular weight is 460 g/mol. The molecule has 0 radical (unpaired) electrons. The molecule has 3 aromatic rings. The number of piperazine rings is 1. The van der Waals surface area contributed by atoms with Crippen molar-refractivity contribution in [1.29, 1.82) is 0 Å². The maximum absolute atomic E-state index is 13.5. The Bertz CT molecular complexity index is 1130. The monoisotopic (exact) mass is 459 g/mol. The van der Waals surface area contributed by atoms with Crippen molar-refractivity contribution in [2.24, 2.45) is 0 Å². The summed E-state index contributed by atoms with van der Waals surface area (Å²) in [5, 5.41) is 4.07. The first-order chi connectivity index (χ1) is 14.8. The summed E-state index contributed by atoms with van der Waals surface area (Å²) < 4.78 is 14.2. The molecule has 0 saturated carbocycles. The first kappa shape index (κ1) is 21.7. The van der Waals surface area contributed by atoms with Gasteiger partial charge in [0.1, 0.15) is 10.7 Å². The zero-order valence-electron chi connectivity index (χ0n) is 17.4. The number of para-hydroxylation sites is 1. The Morgan fingerprint density at radius 2 is 1.77 bits per heavy atom. The largest absolute Gasteiger partial charge is 0.335 e. The van der Waals surface area contributed by atoms with Crippen molar-refractivity contribution in [3.8, 4) is 0 Å². The smallest absolute Gasteiger partial charge is 0.265 e. The van der Waals surface area contributed by atoms with E-state index < -0.39 is 0 Å². The van der Waals surface area contributed by atoms with E-state index in [0.717, 1.165) is 16.8 Å². The molecule has 0 bridgehead atoms. The van der Waals surface area contributed by atoms with Crippen LogP contribution in [0.2, 0.25) is 5.02 Å². The molecule has 0 spiro atoms. The van der Waals surface area contributed by atoms with Crippen LogP contribution in [0.4, 0.5) is 10.1 Å². The number of aryl methyl sites for hydroxylation is 2. The molecule has 0 unspecified atom stereocenters. The van der Waals surface area contributed by atoms with Gasteiger partial charge in [-0.05, 0) is 43.2 Å². The third kappa shape index (κ3) is 4.59. The number of carbonyl (C=O) groups excluding carboxylic acids is 2. The Morgan fingerprint density at radius 3 is 2.45 bits per heavy atom. The van der Waals surface area contributed by atoms with E-state index in [1.54, 1.807) is 11.0 Å². The van der Waals surface area contributed by atoms with Crippen molar-refractivity contribution in [3.05, 3.63) is 63.2 Å². The van der Waals surface area contributed by atoms with E-state index >= 15 is 0 Å². The van der Waals surface area contributed by atoms with Gasteiger partial charge in [-0.15, -0.1) is 11.3 Å². The highest BCUT2D eigenvalue weighted by Gasteiger charge is 2.27. The second-order valence-electron chi connectivity index (χ2n) is 7.77. The van der Waals surface area contributed by atoms with Gasteiger partial charge in [0.2, 0.25) is 5.91 Å². The van der Waals surface area contributed by atoms with E-state index in [2.05, 4.69) is 5.32 Å². The van der Waals surface area contributed by atoms with Crippen LogP contribution in [0.25, 0.3) is 10.1 Å². The maximum Gasteiger partial charge on any atom is 0.265 e. The Kier molecular flexibility index (Phi) is 6.27. The fourth-order valence-corrected chi connectivity index (χ4v) is 5.33. The molecular weight excluding hydrogens is 437 g/mol. The second-order valence-corrected chi connectivity index (χ2v) is 9.20. The molecule has 4 rings (SSSR count). The number of hydrogen-bond acceptors (Lipinski definition) is 4. The summed E-state index contributed by atoms with van der Waals surface area (Å²) >= 11 is 7.62. The van der Waals surface area contributed by atoms with E-state index in [1.165, 1.54) is 23.5 Å². The predicted molar refractivity (Wildman–Crippen MR) is 124 cm³/mol.